The summed E-state index contributed by atoms with van der Waals surface area (Å²) in [6.07, 6.45) is 2.09. The number of aromatic nitrogens is 2. The molecule has 0 N–H and O–H groups in total. The predicted molar refractivity (Wildman–Crippen MR) is 88.6 cm³/mol. The number of hydrogen-bond donors (Lipinski definition) is 0. The molecule has 1 fully saturated rings. The first-order valence-corrected chi connectivity index (χ1v) is 8.30. The molecular formula is C18H20F3N3O. The smallest absolute Gasteiger partial charge is 0.416 e. The van der Waals surface area contributed by atoms with Gasteiger partial charge in [-0.3, -0.25) is 0 Å². The van der Waals surface area contributed by atoms with Crippen molar-refractivity contribution in [3.8, 4) is 5.75 Å². The molecule has 2 heterocycles. The van der Waals surface area contributed by atoms with E-state index in [1.54, 1.807) is 13.0 Å². The minimum absolute atomic E-state index is 0.134. The third kappa shape index (κ3) is 4.21. The summed E-state index contributed by atoms with van der Waals surface area (Å²) < 4.78 is 44.9. The highest BCUT2D eigenvalue weighted by atomic mass is 19.4. The molecule has 3 rings (SSSR count). The molecular weight excluding hydrogens is 331 g/mol. The Morgan fingerprint density at radius 2 is 1.76 bits per heavy atom. The van der Waals surface area contributed by atoms with Crippen LogP contribution in [0.3, 0.4) is 0 Å². The van der Waals surface area contributed by atoms with E-state index in [0.29, 0.717) is 17.3 Å². The predicted octanol–water partition coefficient (Wildman–Crippen LogP) is 4.37. The highest BCUT2D eigenvalue weighted by Gasteiger charge is 2.33. The summed E-state index contributed by atoms with van der Waals surface area (Å²) in [6, 6.07) is 4.11. The Kier molecular flexibility index (Phi) is 5.11. The minimum atomic E-state index is -4.40. The van der Waals surface area contributed by atoms with Gasteiger partial charge in [0.1, 0.15) is 6.61 Å². The standard InChI is InChI=1S/C18H20F3N3O/c1-13-6-5-7-16(18(19,20)21)15(13)12-25-14-10-22-17(23-11-14)24-8-3-2-4-9-24/h5-7,10-11H,2-4,8-9,12H2,1H3. The van der Waals surface area contributed by atoms with E-state index in [1.165, 1.54) is 24.9 Å². The fourth-order valence-electron chi connectivity index (χ4n) is 2.96. The number of benzene rings is 1. The van der Waals surface area contributed by atoms with Crippen molar-refractivity contribution in [2.24, 2.45) is 0 Å². The van der Waals surface area contributed by atoms with Gasteiger partial charge in [-0.25, -0.2) is 9.97 Å². The van der Waals surface area contributed by atoms with E-state index >= 15 is 0 Å². The van der Waals surface area contributed by atoms with Gasteiger partial charge >= 0.3 is 6.18 Å². The lowest BCUT2D eigenvalue weighted by molar-refractivity contribution is -0.138. The average molecular weight is 351 g/mol. The molecule has 0 spiro atoms. The zero-order chi connectivity index (χ0) is 17.9. The van der Waals surface area contributed by atoms with Crippen LogP contribution in [0.2, 0.25) is 0 Å². The van der Waals surface area contributed by atoms with Crippen LogP contribution in [0, 0.1) is 6.92 Å². The van der Waals surface area contributed by atoms with Gasteiger partial charge in [0, 0.05) is 18.7 Å². The van der Waals surface area contributed by atoms with E-state index in [1.807, 2.05) is 0 Å². The van der Waals surface area contributed by atoms with Crippen molar-refractivity contribution in [1.29, 1.82) is 0 Å². The van der Waals surface area contributed by atoms with E-state index in [4.69, 9.17) is 4.74 Å². The van der Waals surface area contributed by atoms with Crippen molar-refractivity contribution < 1.29 is 17.9 Å². The number of hydrogen-bond acceptors (Lipinski definition) is 4. The van der Waals surface area contributed by atoms with E-state index in [9.17, 15) is 13.2 Å². The molecule has 4 nitrogen and oxygen atoms in total. The quantitative estimate of drug-likeness (QED) is 0.820. The second-order valence-corrected chi connectivity index (χ2v) is 6.15. The van der Waals surface area contributed by atoms with Gasteiger partial charge in [-0.2, -0.15) is 13.2 Å². The summed E-state index contributed by atoms with van der Waals surface area (Å²) in [5, 5.41) is 0. The van der Waals surface area contributed by atoms with Gasteiger partial charge in [0.15, 0.2) is 5.75 Å². The summed E-state index contributed by atoms with van der Waals surface area (Å²) in [6.45, 7) is 3.33. The van der Waals surface area contributed by atoms with Crippen molar-refractivity contribution in [2.45, 2.75) is 39.0 Å². The largest absolute Gasteiger partial charge is 0.486 e. The van der Waals surface area contributed by atoms with Crippen LogP contribution in [0.4, 0.5) is 19.1 Å². The van der Waals surface area contributed by atoms with Gasteiger partial charge < -0.3 is 9.64 Å². The molecule has 1 aromatic heterocycles. The molecule has 0 atom stereocenters. The second kappa shape index (κ2) is 7.29. The number of ether oxygens (including phenoxy) is 1. The van der Waals surface area contributed by atoms with Crippen LogP contribution in [0.5, 0.6) is 5.75 Å². The Morgan fingerprint density at radius 1 is 1.08 bits per heavy atom. The van der Waals surface area contributed by atoms with Crippen molar-refractivity contribution in [1.82, 2.24) is 9.97 Å². The Balaban J connectivity index is 1.70. The molecule has 1 aliphatic heterocycles. The Bertz CT molecular complexity index is 710. The molecule has 1 aliphatic rings. The molecule has 0 amide bonds. The number of anilines is 1. The van der Waals surface area contributed by atoms with Crippen molar-refractivity contribution in [2.75, 3.05) is 18.0 Å². The first-order chi connectivity index (χ1) is 11.9. The lowest BCUT2D eigenvalue weighted by Gasteiger charge is -2.26. The van der Waals surface area contributed by atoms with Crippen LogP contribution in [0.25, 0.3) is 0 Å². The van der Waals surface area contributed by atoms with Crippen LogP contribution in [-0.4, -0.2) is 23.1 Å². The molecule has 0 radical (unpaired) electrons. The molecule has 0 aliphatic carbocycles. The monoisotopic (exact) mass is 351 g/mol. The summed E-state index contributed by atoms with van der Waals surface area (Å²) in [5.41, 5.74) is 0.00847. The first kappa shape index (κ1) is 17.5. The van der Waals surface area contributed by atoms with Gasteiger partial charge in [0.25, 0.3) is 0 Å². The van der Waals surface area contributed by atoms with Gasteiger partial charge in [-0.15, -0.1) is 0 Å². The lowest BCUT2D eigenvalue weighted by atomic mass is 10.0. The molecule has 1 aromatic carbocycles. The van der Waals surface area contributed by atoms with E-state index < -0.39 is 11.7 Å². The number of alkyl halides is 3. The van der Waals surface area contributed by atoms with Gasteiger partial charge in [0.2, 0.25) is 5.95 Å². The van der Waals surface area contributed by atoms with Crippen LogP contribution >= 0.6 is 0 Å². The van der Waals surface area contributed by atoms with Crippen molar-refractivity contribution in [3.63, 3.8) is 0 Å². The summed E-state index contributed by atoms with van der Waals surface area (Å²) in [7, 11) is 0. The second-order valence-electron chi connectivity index (χ2n) is 6.15. The zero-order valence-corrected chi connectivity index (χ0v) is 14.0. The fourth-order valence-corrected chi connectivity index (χ4v) is 2.96. The van der Waals surface area contributed by atoms with Gasteiger partial charge in [0.05, 0.1) is 18.0 Å². The lowest BCUT2D eigenvalue weighted by Crippen LogP contribution is -2.30. The molecule has 134 valence electrons. The topological polar surface area (TPSA) is 38.2 Å². The molecule has 2 aromatic rings. The van der Waals surface area contributed by atoms with Crippen LogP contribution < -0.4 is 9.64 Å². The van der Waals surface area contributed by atoms with Crippen LogP contribution in [0.15, 0.2) is 30.6 Å². The Labute approximate surface area is 144 Å². The fraction of sp³-hybridized carbons (Fsp3) is 0.444. The highest BCUT2D eigenvalue weighted by Crippen LogP contribution is 2.33. The first-order valence-electron chi connectivity index (χ1n) is 8.30. The third-order valence-electron chi connectivity index (χ3n) is 4.35. The number of halogens is 3. The van der Waals surface area contributed by atoms with E-state index in [0.717, 1.165) is 32.0 Å². The molecule has 0 bridgehead atoms. The number of aryl methyl sites for hydroxylation is 1. The van der Waals surface area contributed by atoms with Crippen LogP contribution in [0.1, 0.15) is 36.0 Å². The summed E-state index contributed by atoms with van der Waals surface area (Å²) >= 11 is 0. The molecule has 1 saturated heterocycles. The molecule has 7 heteroatoms. The van der Waals surface area contributed by atoms with E-state index in [-0.39, 0.29) is 12.2 Å². The van der Waals surface area contributed by atoms with Crippen LogP contribution in [-0.2, 0) is 12.8 Å². The third-order valence-corrected chi connectivity index (χ3v) is 4.35. The van der Waals surface area contributed by atoms with Gasteiger partial charge in [-0.05, 0) is 37.8 Å². The van der Waals surface area contributed by atoms with Crippen molar-refractivity contribution in [3.05, 3.63) is 47.3 Å². The SMILES string of the molecule is Cc1cccc(C(F)(F)F)c1COc1cnc(N2CCCCC2)nc1. The number of rotatable bonds is 4. The normalized spacial score (nSPS) is 15.3. The number of piperidine rings is 1. The van der Waals surface area contributed by atoms with Gasteiger partial charge in [-0.1, -0.05) is 12.1 Å². The summed E-state index contributed by atoms with van der Waals surface area (Å²) in [4.78, 5) is 10.7. The maximum Gasteiger partial charge on any atom is 0.416 e. The summed E-state index contributed by atoms with van der Waals surface area (Å²) in [5.74, 6) is 0.996. The Morgan fingerprint density at radius 3 is 2.40 bits per heavy atom. The molecule has 0 saturated carbocycles. The Hall–Kier alpha value is -2.31. The maximum atomic E-state index is 13.1. The molecule has 0 unspecified atom stereocenters. The zero-order valence-electron chi connectivity index (χ0n) is 14.0. The minimum Gasteiger partial charge on any atom is -0.486 e. The molecule has 25 heavy (non-hydrogen) atoms. The number of nitrogens with zero attached hydrogens (tertiary/aromatic N) is 3. The van der Waals surface area contributed by atoms with Crippen molar-refractivity contribution >= 4 is 5.95 Å². The highest BCUT2D eigenvalue weighted by molar-refractivity contribution is 5.37. The van der Waals surface area contributed by atoms with E-state index in [2.05, 4.69) is 14.9 Å². The maximum absolute atomic E-state index is 13.1. The average Bonchev–Trinajstić information content (AvgIpc) is 2.61.